The summed E-state index contributed by atoms with van der Waals surface area (Å²) < 4.78 is 25.8. The van der Waals surface area contributed by atoms with Gasteiger partial charge in [0.2, 0.25) is 0 Å². The van der Waals surface area contributed by atoms with Crippen LogP contribution in [0.5, 0.6) is 0 Å². The van der Waals surface area contributed by atoms with E-state index in [2.05, 4.69) is 11.9 Å². The number of hydrogen-bond donors (Lipinski definition) is 1. The zero-order chi connectivity index (χ0) is 11.4. The third-order valence-corrected chi connectivity index (χ3v) is 2.31. The van der Waals surface area contributed by atoms with E-state index < -0.39 is 11.6 Å². The molecule has 1 rings (SSSR count). The third kappa shape index (κ3) is 3.44. The van der Waals surface area contributed by atoms with Crippen molar-refractivity contribution in [3.8, 4) is 0 Å². The summed E-state index contributed by atoms with van der Waals surface area (Å²) in [6.45, 7) is 5.70. The second-order valence-corrected chi connectivity index (χ2v) is 3.67. The Hall–Kier alpha value is -1.22. The minimum atomic E-state index is -0.540. The molecule has 1 atom stereocenters. The Bertz CT molecular complexity index is 340. The summed E-state index contributed by atoms with van der Waals surface area (Å²) in [5, 5.41) is 3.04. The van der Waals surface area contributed by atoms with Gasteiger partial charge in [0.15, 0.2) is 0 Å². The second kappa shape index (κ2) is 5.03. The smallest absolute Gasteiger partial charge is 0.126 e. The largest absolute Gasteiger partial charge is 0.313 e. The summed E-state index contributed by atoms with van der Waals surface area (Å²) in [5.41, 5.74) is 1.58. The van der Waals surface area contributed by atoms with Gasteiger partial charge in [-0.05, 0) is 38.1 Å². The van der Waals surface area contributed by atoms with Crippen LogP contribution in [-0.4, -0.2) is 13.1 Å². The molecule has 0 fully saturated rings. The molecule has 0 aliphatic heterocycles. The lowest BCUT2D eigenvalue weighted by molar-refractivity contribution is 0.572. The molecule has 0 saturated heterocycles. The molecule has 1 N–H and O–H groups in total. The van der Waals surface area contributed by atoms with Crippen LogP contribution in [0.1, 0.15) is 12.5 Å². The first-order chi connectivity index (χ1) is 7.02. The fourth-order valence-corrected chi connectivity index (χ4v) is 1.49. The van der Waals surface area contributed by atoms with Crippen LogP contribution in [0.25, 0.3) is 0 Å². The van der Waals surface area contributed by atoms with E-state index in [1.54, 1.807) is 7.05 Å². The second-order valence-electron chi connectivity index (χ2n) is 3.67. The highest BCUT2D eigenvalue weighted by Gasteiger charge is 2.09. The van der Waals surface area contributed by atoms with Crippen LogP contribution < -0.4 is 5.32 Å². The van der Waals surface area contributed by atoms with Gasteiger partial charge < -0.3 is 5.32 Å². The molecule has 1 nitrogen and oxygen atoms in total. The quantitative estimate of drug-likeness (QED) is 0.755. The molecular formula is C12H15F2N. The Balaban J connectivity index is 2.83. The van der Waals surface area contributed by atoms with Gasteiger partial charge in [0, 0.05) is 12.1 Å². The van der Waals surface area contributed by atoms with E-state index in [1.807, 2.05) is 6.92 Å². The van der Waals surface area contributed by atoms with Crippen molar-refractivity contribution in [2.75, 3.05) is 7.05 Å². The molecule has 0 amide bonds. The normalized spacial score (nSPS) is 12.5. The van der Waals surface area contributed by atoms with Gasteiger partial charge in [-0.3, -0.25) is 0 Å². The molecule has 0 heterocycles. The van der Waals surface area contributed by atoms with Gasteiger partial charge in [0.1, 0.15) is 11.6 Å². The van der Waals surface area contributed by atoms with Crippen LogP contribution >= 0.6 is 0 Å². The molecule has 0 aliphatic carbocycles. The monoisotopic (exact) mass is 211 g/mol. The maximum atomic E-state index is 12.9. The molecule has 15 heavy (non-hydrogen) atoms. The lowest BCUT2D eigenvalue weighted by Crippen LogP contribution is -2.28. The number of hydrogen-bond acceptors (Lipinski definition) is 1. The highest BCUT2D eigenvalue weighted by Crippen LogP contribution is 2.12. The van der Waals surface area contributed by atoms with Crippen LogP contribution in [0.15, 0.2) is 30.4 Å². The van der Waals surface area contributed by atoms with Crippen molar-refractivity contribution in [2.24, 2.45) is 0 Å². The van der Waals surface area contributed by atoms with E-state index in [-0.39, 0.29) is 6.04 Å². The molecule has 82 valence electrons. The first kappa shape index (κ1) is 11.9. The molecule has 0 bridgehead atoms. The van der Waals surface area contributed by atoms with Gasteiger partial charge in [0.05, 0.1) is 0 Å². The molecule has 0 saturated carbocycles. The fourth-order valence-electron chi connectivity index (χ4n) is 1.49. The van der Waals surface area contributed by atoms with Gasteiger partial charge in [-0.15, -0.1) is 0 Å². The number of rotatable bonds is 4. The summed E-state index contributed by atoms with van der Waals surface area (Å²) >= 11 is 0. The van der Waals surface area contributed by atoms with E-state index in [1.165, 1.54) is 12.1 Å². The third-order valence-electron chi connectivity index (χ3n) is 2.31. The van der Waals surface area contributed by atoms with Crippen molar-refractivity contribution in [1.29, 1.82) is 0 Å². The molecule has 0 radical (unpaired) electrons. The van der Waals surface area contributed by atoms with E-state index in [4.69, 9.17) is 0 Å². The minimum Gasteiger partial charge on any atom is -0.313 e. The standard InChI is InChI=1S/C12H15F2N/c1-8(2)12(15-3)6-9-4-10(13)7-11(14)5-9/h4-5,7,12,15H,1,6H2,2-3H3. The molecule has 1 aromatic carbocycles. The molecule has 0 spiro atoms. The Morgan fingerprint density at radius 3 is 2.27 bits per heavy atom. The predicted octanol–water partition coefficient (Wildman–Crippen LogP) is 2.67. The van der Waals surface area contributed by atoms with Gasteiger partial charge in [-0.2, -0.15) is 0 Å². The predicted molar refractivity (Wildman–Crippen MR) is 57.7 cm³/mol. The van der Waals surface area contributed by atoms with E-state index >= 15 is 0 Å². The summed E-state index contributed by atoms with van der Waals surface area (Å²) in [5.74, 6) is -1.08. The van der Waals surface area contributed by atoms with E-state index in [0.717, 1.165) is 11.6 Å². The number of benzene rings is 1. The van der Waals surface area contributed by atoms with Crippen molar-refractivity contribution < 1.29 is 8.78 Å². The molecule has 0 aromatic heterocycles. The SMILES string of the molecule is C=C(C)C(Cc1cc(F)cc(F)c1)NC. The van der Waals surface area contributed by atoms with Crippen molar-refractivity contribution in [1.82, 2.24) is 5.32 Å². The Morgan fingerprint density at radius 2 is 1.87 bits per heavy atom. The highest BCUT2D eigenvalue weighted by atomic mass is 19.1. The summed E-state index contributed by atoms with van der Waals surface area (Å²) in [6.07, 6.45) is 0.542. The van der Waals surface area contributed by atoms with Crippen LogP contribution in [0.4, 0.5) is 8.78 Å². The van der Waals surface area contributed by atoms with Gasteiger partial charge in [-0.1, -0.05) is 12.2 Å². The van der Waals surface area contributed by atoms with Gasteiger partial charge in [-0.25, -0.2) is 8.78 Å². The van der Waals surface area contributed by atoms with Crippen LogP contribution in [0.2, 0.25) is 0 Å². The summed E-state index contributed by atoms with van der Waals surface area (Å²) in [6, 6.07) is 3.61. The average molecular weight is 211 g/mol. The lowest BCUT2D eigenvalue weighted by atomic mass is 10.0. The van der Waals surface area contributed by atoms with Gasteiger partial charge >= 0.3 is 0 Å². The molecule has 0 aliphatic rings. The maximum absolute atomic E-state index is 12.9. The van der Waals surface area contributed by atoms with E-state index in [0.29, 0.717) is 12.0 Å². The van der Waals surface area contributed by atoms with Gasteiger partial charge in [0.25, 0.3) is 0 Å². The summed E-state index contributed by atoms with van der Waals surface area (Å²) in [4.78, 5) is 0. The fraction of sp³-hybridized carbons (Fsp3) is 0.333. The highest BCUT2D eigenvalue weighted by molar-refractivity contribution is 5.21. The lowest BCUT2D eigenvalue weighted by Gasteiger charge is -2.16. The Labute approximate surface area is 88.8 Å². The average Bonchev–Trinajstić information content (AvgIpc) is 2.12. The topological polar surface area (TPSA) is 12.0 Å². The Kier molecular flexibility index (Phi) is 3.97. The van der Waals surface area contributed by atoms with Crippen molar-refractivity contribution in [3.05, 3.63) is 47.5 Å². The maximum Gasteiger partial charge on any atom is 0.126 e. The molecule has 1 unspecified atom stereocenters. The van der Waals surface area contributed by atoms with Crippen molar-refractivity contribution in [2.45, 2.75) is 19.4 Å². The van der Waals surface area contributed by atoms with Crippen LogP contribution in [-0.2, 0) is 6.42 Å². The summed E-state index contributed by atoms with van der Waals surface area (Å²) in [7, 11) is 1.80. The number of nitrogens with one attached hydrogen (secondary N) is 1. The van der Waals surface area contributed by atoms with Crippen LogP contribution in [0.3, 0.4) is 0 Å². The molecular weight excluding hydrogens is 196 g/mol. The zero-order valence-corrected chi connectivity index (χ0v) is 8.98. The van der Waals surface area contributed by atoms with E-state index in [9.17, 15) is 8.78 Å². The molecule has 1 aromatic rings. The number of likely N-dealkylation sites (N-methyl/N-ethyl adjacent to an activating group) is 1. The minimum absolute atomic E-state index is 0.0474. The van der Waals surface area contributed by atoms with Crippen molar-refractivity contribution in [3.63, 3.8) is 0 Å². The van der Waals surface area contributed by atoms with Crippen molar-refractivity contribution >= 4 is 0 Å². The van der Waals surface area contributed by atoms with Crippen LogP contribution in [0, 0.1) is 11.6 Å². The first-order valence-corrected chi connectivity index (χ1v) is 4.80. The molecule has 3 heteroatoms. The number of halogens is 2. The zero-order valence-electron chi connectivity index (χ0n) is 8.98. The Morgan fingerprint density at radius 1 is 1.33 bits per heavy atom. The first-order valence-electron chi connectivity index (χ1n) is 4.80.